The lowest BCUT2D eigenvalue weighted by atomic mass is 9.68. The van der Waals surface area contributed by atoms with E-state index in [2.05, 4.69) is 27.0 Å². The Labute approximate surface area is 136 Å². The number of aliphatic imine (C=N–C) groups is 1. The molecule has 1 aliphatic carbocycles. The Bertz CT molecular complexity index is 381. The summed E-state index contributed by atoms with van der Waals surface area (Å²) in [6.07, 6.45) is 9.68. The van der Waals surface area contributed by atoms with Gasteiger partial charge in [0.1, 0.15) is 0 Å². The van der Waals surface area contributed by atoms with Crippen molar-refractivity contribution in [3.05, 3.63) is 0 Å². The first kappa shape index (κ1) is 16.1. The average Bonchev–Trinajstić information content (AvgIpc) is 2.95. The Morgan fingerprint density at radius 2 is 1.95 bits per heavy atom. The SMILES string of the molecule is CN=C(NCCCN1CCC(C)CC1)N1CCC2(CCC2)C1. The van der Waals surface area contributed by atoms with Crippen LogP contribution < -0.4 is 5.32 Å². The van der Waals surface area contributed by atoms with E-state index in [4.69, 9.17) is 0 Å². The Hall–Kier alpha value is -0.770. The summed E-state index contributed by atoms with van der Waals surface area (Å²) < 4.78 is 0. The van der Waals surface area contributed by atoms with Crippen molar-refractivity contribution in [1.82, 2.24) is 15.1 Å². The second-order valence-corrected chi connectivity index (χ2v) is 7.88. The molecule has 3 aliphatic rings. The molecule has 0 radical (unpaired) electrons. The number of rotatable bonds is 4. The highest BCUT2D eigenvalue weighted by Crippen LogP contribution is 2.47. The summed E-state index contributed by atoms with van der Waals surface area (Å²) in [6.45, 7) is 9.70. The highest BCUT2D eigenvalue weighted by Gasteiger charge is 2.43. The molecular weight excluding hydrogens is 272 g/mol. The number of hydrogen-bond donors (Lipinski definition) is 1. The van der Waals surface area contributed by atoms with Crippen molar-refractivity contribution in [2.24, 2.45) is 16.3 Å². The van der Waals surface area contributed by atoms with Crippen molar-refractivity contribution < 1.29 is 0 Å². The molecule has 2 saturated heterocycles. The maximum Gasteiger partial charge on any atom is 0.193 e. The highest BCUT2D eigenvalue weighted by atomic mass is 15.3. The zero-order valence-corrected chi connectivity index (χ0v) is 14.6. The largest absolute Gasteiger partial charge is 0.356 e. The summed E-state index contributed by atoms with van der Waals surface area (Å²) in [5.74, 6) is 2.07. The number of nitrogens with zero attached hydrogens (tertiary/aromatic N) is 3. The first-order chi connectivity index (χ1) is 10.7. The molecule has 3 fully saturated rings. The third-order valence-corrected chi connectivity index (χ3v) is 6.17. The van der Waals surface area contributed by atoms with Crippen LogP contribution in [0.2, 0.25) is 0 Å². The van der Waals surface area contributed by atoms with E-state index in [0.717, 1.165) is 18.4 Å². The summed E-state index contributed by atoms with van der Waals surface area (Å²) in [7, 11) is 1.93. The zero-order chi connectivity index (χ0) is 15.4. The Morgan fingerprint density at radius 3 is 2.55 bits per heavy atom. The predicted molar refractivity (Wildman–Crippen MR) is 93.3 cm³/mol. The van der Waals surface area contributed by atoms with Crippen LogP contribution >= 0.6 is 0 Å². The van der Waals surface area contributed by atoms with Gasteiger partial charge in [0.05, 0.1) is 0 Å². The van der Waals surface area contributed by atoms with Crippen molar-refractivity contribution in [3.63, 3.8) is 0 Å². The minimum absolute atomic E-state index is 0.655. The molecule has 0 aromatic heterocycles. The fraction of sp³-hybridized carbons (Fsp3) is 0.944. The molecular formula is C18H34N4. The van der Waals surface area contributed by atoms with Gasteiger partial charge in [-0.1, -0.05) is 13.3 Å². The van der Waals surface area contributed by atoms with Crippen LogP contribution in [0.3, 0.4) is 0 Å². The lowest BCUT2D eigenvalue weighted by molar-refractivity contribution is 0.151. The van der Waals surface area contributed by atoms with Gasteiger partial charge in [0.2, 0.25) is 0 Å². The molecule has 0 aromatic carbocycles. The second kappa shape index (κ2) is 7.20. The maximum atomic E-state index is 4.51. The van der Waals surface area contributed by atoms with Crippen LogP contribution in [-0.2, 0) is 0 Å². The van der Waals surface area contributed by atoms with E-state index in [1.165, 1.54) is 77.7 Å². The monoisotopic (exact) mass is 306 g/mol. The minimum atomic E-state index is 0.655. The lowest BCUT2D eigenvalue weighted by Gasteiger charge is -2.38. The van der Waals surface area contributed by atoms with E-state index >= 15 is 0 Å². The number of guanidine groups is 1. The first-order valence-electron chi connectivity index (χ1n) is 9.39. The van der Waals surface area contributed by atoms with Gasteiger partial charge in [-0.2, -0.15) is 0 Å². The molecule has 1 spiro atoms. The summed E-state index contributed by atoms with van der Waals surface area (Å²) >= 11 is 0. The third-order valence-electron chi connectivity index (χ3n) is 6.17. The van der Waals surface area contributed by atoms with Crippen LogP contribution in [0.1, 0.15) is 51.9 Å². The summed E-state index contributed by atoms with van der Waals surface area (Å²) in [4.78, 5) is 9.62. The Morgan fingerprint density at radius 1 is 1.18 bits per heavy atom. The predicted octanol–water partition coefficient (Wildman–Crippen LogP) is 2.56. The topological polar surface area (TPSA) is 30.9 Å². The average molecular weight is 306 g/mol. The number of likely N-dealkylation sites (tertiary alicyclic amines) is 2. The zero-order valence-electron chi connectivity index (χ0n) is 14.6. The maximum absolute atomic E-state index is 4.51. The van der Waals surface area contributed by atoms with E-state index in [-0.39, 0.29) is 0 Å². The first-order valence-corrected chi connectivity index (χ1v) is 9.39. The normalized spacial score (nSPS) is 26.5. The summed E-state index contributed by atoms with van der Waals surface area (Å²) in [5, 5.41) is 3.59. The van der Waals surface area contributed by atoms with Crippen molar-refractivity contribution in [2.75, 3.05) is 46.3 Å². The Kier molecular flexibility index (Phi) is 5.27. The molecule has 1 N–H and O–H groups in total. The van der Waals surface area contributed by atoms with E-state index in [1.54, 1.807) is 0 Å². The quantitative estimate of drug-likeness (QED) is 0.492. The van der Waals surface area contributed by atoms with Crippen LogP contribution in [0.15, 0.2) is 4.99 Å². The van der Waals surface area contributed by atoms with E-state index in [9.17, 15) is 0 Å². The third kappa shape index (κ3) is 3.76. The van der Waals surface area contributed by atoms with Gasteiger partial charge in [0.25, 0.3) is 0 Å². The second-order valence-electron chi connectivity index (χ2n) is 7.88. The number of nitrogens with one attached hydrogen (secondary N) is 1. The van der Waals surface area contributed by atoms with Crippen molar-refractivity contribution in [1.29, 1.82) is 0 Å². The van der Waals surface area contributed by atoms with Crippen LogP contribution in [0.25, 0.3) is 0 Å². The van der Waals surface area contributed by atoms with Crippen LogP contribution in [0, 0.1) is 11.3 Å². The molecule has 2 heterocycles. The van der Waals surface area contributed by atoms with E-state index < -0.39 is 0 Å². The molecule has 126 valence electrons. The molecule has 3 rings (SSSR count). The standard InChI is InChI=1S/C18H34N4/c1-16-5-12-21(13-6-16)11-4-10-20-17(19-2)22-14-9-18(15-22)7-3-8-18/h16H,3-15H2,1-2H3,(H,19,20). The van der Waals surface area contributed by atoms with Gasteiger partial charge in [0.15, 0.2) is 5.96 Å². The molecule has 4 nitrogen and oxygen atoms in total. The fourth-order valence-electron chi connectivity index (χ4n) is 4.32. The molecule has 0 atom stereocenters. The van der Waals surface area contributed by atoms with Gasteiger partial charge in [-0.15, -0.1) is 0 Å². The van der Waals surface area contributed by atoms with Gasteiger partial charge in [-0.05, 0) is 69.5 Å². The molecule has 0 aromatic rings. The van der Waals surface area contributed by atoms with Gasteiger partial charge < -0.3 is 15.1 Å². The number of hydrogen-bond acceptors (Lipinski definition) is 2. The van der Waals surface area contributed by atoms with Crippen LogP contribution in [0.5, 0.6) is 0 Å². The van der Waals surface area contributed by atoms with Crippen molar-refractivity contribution in [3.8, 4) is 0 Å². The minimum Gasteiger partial charge on any atom is -0.356 e. The fourth-order valence-corrected chi connectivity index (χ4v) is 4.32. The molecule has 0 bridgehead atoms. The molecule has 0 amide bonds. The molecule has 0 unspecified atom stereocenters. The highest BCUT2D eigenvalue weighted by molar-refractivity contribution is 5.80. The van der Waals surface area contributed by atoms with Crippen LogP contribution in [-0.4, -0.2) is 62.1 Å². The van der Waals surface area contributed by atoms with Crippen molar-refractivity contribution in [2.45, 2.75) is 51.9 Å². The van der Waals surface area contributed by atoms with Crippen molar-refractivity contribution >= 4 is 5.96 Å². The molecule has 22 heavy (non-hydrogen) atoms. The molecule has 1 saturated carbocycles. The molecule has 4 heteroatoms. The van der Waals surface area contributed by atoms with Gasteiger partial charge >= 0.3 is 0 Å². The van der Waals surface area contributed by atoms with Gasteiger partial charge in [-0.3, -0.25) is 4.99 Å². The number of piperidine rings is 1. The van der Waals surface area contributed by atoms with Gasteiger partial charge in [0, 0.05) is 26.7 Å². The summed E-state index contributed by atoms with van der Waals surface area (Å²) in [6, 6.07) is 0. The Balaban J connectivity index is 1.33. The molecule has 2 aliphatic heterocycles. The summed E-state index contributed by atoms with van der Waals surface area (Å²) in [5.41, 5.74) is 0.655. The lowest BCUT2D eigenvalue weighted by Crippen LogP contribution is -2.43. The van der Waals surface area contributed by atoms with E-state index in [1.807, 2.05) is 7.05 Å². The van der Waals surface area contributed by atoms with Gasteiger partial charge in [-0.25, -0.2) is 0 Å². The van der Waals surface area contributed by atoms with Crippen LogP contribution in [0.4, 0.5) is 0 Å². The smallest absolute Gasteiger partial charge is 0.193 e. The van der Waals surface area contributed by atoms with E-state index in [0.29, 0.717) is 5.41 Å².